The number of carbonyl (C=O) groups excluding carboxylic acids is 2. The number of Topliss-reactive ketones (excluding diaryl/α,β-unsaturated/α-hetero) is 1. The van der Waals surface area contributed by atoms with Gasteiger partial charge in [-0.15, -0.1) is 5.48 Å². The van der Waals surface area contributed by atoms with Crippen LogP contribution in [0.4, 0.5) is 0 Å². The van der Waals surface area contributed by atoms with E-state index in [1.165, 1.54) is 0 Å². The maximum Gasteiger partial charge on any atom is 0.356 e. The summed E-state index contributed by atoms with van der Waals surface area (Å²) in [4.78, 5) is 33.0. The Morgan fingerprint density at radius 1 is 0.781 bits per heavy atom. The Hall–Kier alpha value is -2.89. The Balaban J connectivity index is 1.64. The van der Waals surface area contributed by atoms with E-state index in [1.807, 2.05) is 48.5 Å². The third kappa shape index (κ3) is 7.36. The molecule has 1 atom stereocenters. The van der Waals surface area contributed by atoms with Crippen molar-refractivity contribution in [3.05, 3.63) is 96.1 Å². The maximum atomic E-state index is 13.2. The fourth-order valence-corrected chi connectivity index (χ4v) is 4.13. The van der Waals surface area contributed by atoms with Crippen LogP contribution < -0.4 is 5.48 Å². The Morgan fingerprint density at radius 3 is 2.06 bits per heavy atom. The third-order valence-corrected chi connectivity index (χ3v) is 6.10. The fraction of sp³-hybridized carbons (Fsp3) is 0.259. The zero-order chi connectivity index (χ0) is 22.6. The van der Waals surface area contributed by atoms with Crippen molar-refractivity contribution in [2.24, 2.45) is 0 Å². The van der Waals surface area contributed by atoms with Crippen molar-refractivity contribution in [1.29, 1.82) is 0 Å². The second-order valence-corrected chi connectivity index (χ2v) is 8.73. The summed E-state index contributed by atoms with van der Waals surface area (Å²) in [5.74, 6) is -0.565. The van der Waals surface area contributed by atoms with Crippen molar-refractivity contribution in [2.75, 3.05) is 0 Å². The molecule has 0 spiro atoms. The third-order valence-electron chi connectivity index (χ3n) is 5.08. The van der Waals surface area contributed by atoms with E-state index in [-0.39, 0.29) is 5.78 Å². The van der Waals surface area contributed by atoms with Crippen LogP contribution in [0.15, 0.2) is 94.7 Å². The summed E-state index contributed by atoms with van der Waals surface area (Å²) in [5.41, 5.74) is 3.79. The largest absolute Gasteiger partial charge is 0.366 e. The van der Waals surface area contributed by atoms with Crippen molar-refractivity contribution in [3.63, 3.8) is 0 Å². The van der Waals surface area contributed by atoms with E-state index in [2.05, 4.69) is 24.5 Å². The van der Waals surface area contributed by atoms with Crippen LogP contribution in [0.1, 0.15) is 59.7 Å². The molecule has 1 unspecified atom stereocenters. The molecule has 3 rings (SSSR count). The molecule has 0 saturated carbocycles. The lowest BCUT2D eigenvalue weighted by atomic mass is 9.99. The van der Waals surface area contributed by atoms with E-state index in [1.54, 1.807) is 36.0 Å². The van der Waals surface area contributed by atoms with E-state index < -0.39 is 12.0 Å². The van der Waals surface area contributed by atoms with Gasteiger partial charge in [0.15, 0.2) is 5.78 Å². The normalized spacial score (nSPS) is 11.7. The lowest BCUT2D eigenvalue weighted by Gasteiger charge is -2.17. The molecule has 3 aromatic carbocycles. The summed E-state index contributed by atoms with van der Waals surface area (Å²) in [6.07, 6.45) is 4.79. The molecule has 0 aromatic heterocycles. The molecule has 4 nitrogen and oxygen atoms in total. The first kappa shape index (κ1) is 23.8. The molecule has 1 N–H and O–H groups in total. The molecule has 0 saturated heterocycles. The highest BCUT2D eigenvalue weighted by atomic mass is 32.2. The van der Waals surface area contributed by atoms with Gasteiger partial charge in [-0.3, -0.25) is 4.79 Å². The molecule has 0 amide bonds. The Labute approximate surface area is 194 Å². The van der Waals surface area contributed by atoms with Gasteiger partial charge in [0.05, 0.1) is 5.56 Å². The van der Waals surface area contributed by atoms with E-state index in [0.29, 0.717) is 17.5 Å². The standard InChI is InChI=1S/C27H29NO3S/c1-2-3-4-11-16-25(28-31-27(30)22-12-7-5-8-13-22)26(29)21-17-19-24(20-18-21)32-23-14-9-6-10-15-23/h5-10,12-15,17-20,25,28H,2-4,11,16H2,1H3. The van der Waals surface area contributed by atoms with Crippen molar-refractivity contribution in [1.82, 2.24) is 5.48 Å². The predicted octanol–water partition coefficient (Wildman–Crippen LogP) is 6.72. The summed E-state index contributed by atoms with van der Waals surface area (Å²) in [5, 5.41) is 0. The average molecular weight is 448 g/mol. The van der Waals surface area contributed by atoms with Crippen LogP contribution in [0.3, 0.4) is 0 Å². The summed E-state index contributed by atoms with van der Waals surface area (Å²) in [6, 6.07) is 25.9. The molecule has 0 fully saturated rings. The minimum absolute atomic E-state index is 0.0707. The highest BCUT2D eigenvalue weighted by molar-refractivity contribution is 7.99. The van der Waals surface area contributed by atoms with Crippen LogP contribution in [0.2, 0.25) is 0 Å². The number of carbonyl (C=O) groups is 2. The maximum absolute atomic E-state index is 13.2. The molecule has 0 bridgehead atoms. The van der Waals surface area contributed by atoms with Crippen molar-refractivity contribution in [3.8, 4) is 0 Å². The van der Waals surface area contributed by atoms with Gasteiger partial charge in [0.25, 0.3) is 0 Å². The first-order valence-electron chi connectivity index (χ1n) is 11.1. The molecule has 0 aliphatic heterocycles. The minimum atomic E-state index is -0.577. The van der Waals surface area contributed by atoms with Gasteiger partial charge < -0.3 is 4.84 Å². The Bertz CT molecular complexity index is 975. The first-order valence-corrected chi connectivity index (χ1v) is 11.9. The van der Waals surface area contributed by atoms with Gasteiger partial charge in [0.2, 0.25) is 0 Å². The van der Waals surface area contributed by atoms with E-state index in [9.17, 15) is 9.59 Å². The zero-order valence-corrected chi connectivity index (χ0v) is 19.1. The summed E-state index contributed by atoms with van der Waals surface area (Å²) >= 11 is 1.65. The number of ketones is 1. The Morgan fingerprint density at radius 2 is 1.41 bits per heavy atom. The van der Waals surface area contributed by atoms with Crippen LogP contribution >= 0.6 is 11.8 Å². The second kappa shape index (κ2) is 12.8. The summed E-state index contributed by atoms with van der Waals surface area (Å²) < 4.78 is 0. The monoisotopic (exact) mass is 447 g/mol. The van der Waals surface area contributed by atoms with Crippen LogP contribution in [-0.2, 0) is 4.84 Å². The van der Waals surface area contributed by atoms with Gasteiger partial charge in [-0.2, -0.15) is 0 Å². The van der Waals surface area contributed by atoms with E-state index >= 15 is 0 Å². The molecule has 0 aliphatic carbocycles. The predicted molar refractivity (Wildman–Crippen MR) is 129 cm³/mol. The number of rotatable bonds is 12. The van der Waals surface area contributed by atoms with Crippen molar-refractivity contribution >= 4 is 23.5 Å². The van der Waals surface area contributed by atoms with Gasteiger partial charge in [-0.1, -0.05) is 92.9 Å². The van der Waals surface area contributed by atoms with E-state index in [0.717, 1.165) is 35.5 Å². The highest BCUT2D eigenvalue weighted by Gasteiger charge is 2.22. The number of hydrogen-bond donors (Lipinski definition) is 1. The Kier molecular flexibility index (Phi) is 9.54. The lowest BCUT2D eigenvalue weighted by Crippen LogP contribution is -2.38. The molecular weight excluding hydrogens is 418 g/mol. The van der Waals surface area contributed by atoms with Crippen molar-refractivity contribution < 1.29 is 14.4 Å². The summed E-state index contributed by atoms with van der Waals surface area (Å²) in [7, 11) is 0. The summed E-state index contributed by atoms with van der Waals surface area (Å²) in [6.45, 7) is 2.15. The molecule has 0 aliphatic rings. The number of nitrogens with one attached hydrogen (secondary N) is 1. The molecule has 32 heavy (non-hydrogen) atoms. The number of unbranched alkanes of at least 4 members (excludes halogenated alkanes) is 3. The van der Waals surface area contributed by atoms with Gasteiger partial charge in [0.1, 0.15) is 6.04 Å². The molecule has 0 radical (unpaired) electrons. The topological polar surface area (TPSA) is 55.4 Å². The molecule has 0 heterocycles. The van der Waals surface area contributed by atoms with Crippen LogP contribution in [0, 0.1) is 0 Å². The molecule has 5 heteroatoms. The zero-order valence-electron chi connectivity index (χ0n) is 18.3. The first-order chi connectivity index (χ1) is 15.7. The van der Waals surface area contributed by atoms with Gasteiger partial charge in [-0.25, -0.2) is 4.79 Å². The van der Waals surface area contributed by atoms with Crippen molar-refractivity contribution in [2.45, 2.75) is 54.9 Å². The van der Waals surface area contributed by atoms with Crippen LogP contribution in [0.25, 0.3) is 0 Å². The van der Waals surface area contributed by atoms with Gasteiger partial charge >= 0.3 is 5.97 Å². The quantitative estimate of drug-likeness (QED) is 0.190. The SMILES string of the molecule is CCCCCCC(NOC(=O)c1ccccc1)C(=O)c1ccc(Sc2ccccc2)cc1. The minimum Gasteiger partial charge on any atom is -0.366 e. The average Bonchev–Trinajstić information content (AvgIpc) is 2.84. The molecule has 166 valence electrons. The second-order valence-electron chi connectivity index (χ2n) is 7.58. The lowest BCUT2D eigenvalue weighted by molar-refractivity contribution is 0.0153. The molecule has 3 aromatic rings. The van der Waals surface area contributed by atoms with Gasteiger partial charge in [-0.05, 0) is 42.8 Å². The fourth-order valence-electron chi connectivity index (χ4n) is 3.29. The number of hydroxylamine groups is 1. The van der Waals surface area contributed by atoms with Crippen LogP contribution in [-0.4, -0.2) is 17.8 Å². The van der Waals surface area contributed by atoms with E-state index in [4.69, 9.17) is 4.84 Å². The highest BCUT2D eigenvalue weighted by Crippen LogP contribution is 2.27. The smallest absolute Gasteiger partial charge is 0.356 e. The molecular formula is C27H29NO3S. The number of hydrogen-bond acceptors (Lipinski definition) is 5. The number of benzene rings is 3. The van der Waals surface area contributed by atoms with Crippen LogP contribution in [0.5, 0.6) is 0 Å². The van der Waals surface area contributed by atoms with Gasteiger partial charge in [0, 0.05) is 15.4 Å².